The molecule has 0 N–H and O–H groups in total. The summed E-state index contributed by atoms with van der Waals surface area (Å²) < 4.78 is 0. The third-order valence-electron chi connectivity index (χ3n) is 0.930. The van der Waals surface area contributed by atoms with Crippen molar-refractivity contribution >= 4 is 6.21 Å². The van der Waals surface area contributed by atoms with Crippen molar-refractivity contribution in [2.24, 2.45) is 4.99 Å². The number of allylic oxidation sites excluding steroid dienone is 3. The molecule has 0 aromatic carbocycles. The number of rotatable bonds is 4. The Bertz CT molecular complexity index is 164. The van der Waals surface area contributed by atoms with Crippen LogP contribution in [0, 0.1) is 0 Å². The predicted octanol–water partition coefficient (Wildman–Crippen LogP) is 2.72. The fourth-order valence-electron chi connectivity index (χ4n) is 0.358. The molecule has 1 heteroatoms. The van der Waals surface area contributed by atoms with E-state index >= 15 is 0 Å². The summed E-state index contributed by atoms with van der Waals surface area (Å²) in [5.41, 5.74) is 0.834. The smallest absolute Gasteiger partial charge is 0.0333 e. The van der Waals surface area contributed by atoms with Gasteiger partial charge in [0.1, 0.15) is 0 Å². The summed E-state index contributed by atoms with van der Waals surface area (Å²) in [6, 6.07) is 0. The van der Waals surface area contributed by atoms with Crippen molar-refractivity contribution in [2.75, 3.05) is 0 Å². The zero-order chi connectivity index (χ0) is 7.82. The van der Waals surface area contributed by atoms with Gasteiger partial charge in [-0.25, -0.2) is 0 Å². The molecule has 0 fully saturated rings. The van der Waals surface area contributed by atoms with Crippen molar-refractivity contribution in [3.8, 4) is 0 Å². The number of nitrogens with zero attached hydrogens (tertiary/aromatic N) is 1. The summed E-state index contributed by atoms with van der Waals surface area (Å²) in [5.74, 6) is 0. The summed E-state index contributed by atoms with van der Waals surface area (Å²) in [5, 5.41) is 0. The Labute approximate surface area is 62.5 Å². The molecule has 0 rings (SSSR count). The van der Waals surface area contributed by atoms with Crippen LogP contribution < -0.4 is 0 Å². The molecule has 0 spiro atoms. The molecule has 1 nitrogen and oxygen atoms in total. The highest BCUT2D eigenvalue weighted by Crippen LogP contribution is 1.86. The van der Waals surface area contributed by atoms with Crippen molar-refractivity contribution in [1.29, 1.82) is 0 Å². The molecule has 0 atom stereocenters. The van der Waals surface area contributed by atoms with Crippen LogP contribution in [-0.4, -0.2) is 6.21 Å². The first-order valence-corrected chi connectivity index (χ1v) is 3.30. The number of hydrogen-bond donors (Lipinski definition) is 0. The second-order valence-electron chi connectivity index (χ2n) is 1.85. The molecular weight excluding hydrogens is 122 g/mol. The third-order valence-corrected chi connectivity index (χ3v) is 0.930. The van der Waals surface area contributed by atoms with Crippen molar-refractivity contribution in [2.45, 2.75) is 13.3 Å². The molecule has 0 saturated heterocycles. The van der Waals surface area contributed by atoms with Crippen LogP contribution in [-0.2, 0) is 0 Å². The first-order chi connectivity index (χ1) is 4.81. The van der Waals surface area contributed by atoms with Gasteiger partial charge in [0.2, 0.25) is 0 Å². The monoisotopic (exact) mass is 135 g/mol. The summed E-state index contributed by atoms with van der Waals surface area (Å²) in [7, 11) is 0. The van der Waals surface area contributed by atoms with Crippen molar-refractivity contribution < 1.29 is 0 Å². The molecule has 0 aromatic heterocycles. The first-order valence-electron chi connectivity index (χ1n) is 3.30. The minimum atomic E-state index is 0.834. The zero-order valence-corrected chi connectivity index (χ0v) is 6.38. The average molecular weight is 135 g/mol. The fourth-order valence-corrected chi connectivity index (χ4v) is 0.358. The van der Waals surface area contributed by atoms with E-state index in [1.807, 2.05) is 6.08 Å². The second kappa shape index (κ2) is 6.02. The molecule has 0 saturated carbocycles. The number of aliphatic imine (C=N–C) groups is 1. The van der Waals surface area contributed by atoms with Gasteiger partial charge in [0.25, 0.3) is 0 Å². The molecule has 0 unspecified atom stereocenters. The molecule has 0 bridgehead atoms. The van der Waals surface area contributed by atoms with E-state index in [9.17, 15) is 0 Å². The van der Waals surface area contributed by atoms with Crippen LogP contribution in [0.1, 0.15) is 13.3 Å². The maximum absolute atomic E-state index is 3.96. The lowest BCUT2D eigenvalue weighted by atomic mass is 10.3. The molecule has 0 amide bonds. The first kappa shape index (κ1) is 8.89. The van der Waals surface area contributed by atoms with Gasteiger partial charge in [0.15, 0.2) is 0 Å². The molecule has 54 valence electrons. The highest BCUT2D eigenvalue weighted by atomic mass is 14.7. The minimum Gasteiger partial charge on any atom is -0.264 e. The standard InChI is InChI=1S/C9H13N/c1-4-6-7-10-8-9(3)5-2/h5-8H,2-4H2,1H3/b7-6-,10-8+. The summed E-state index contributed by atoms with van der Waals surface area (Å²) in [6.07, 6.45) is 8.10. The normalized spacial score (nSPS) is 10.9. The average Bonchev–Trinajstić information content (AvgIpc) is 1.98. The van der Waals surface area contributed by atoms with Gasteiger partial charge in [-0.15, -0.1) is 0 Å². The Morgan fingerprint density at radius 1 is 1.60 bits per heavy atom. The lowest BCUT2D eigenvalue weighted by Crippen LogP contribution is -1.72. The molecule has 0 aliphatic heterocycles. The highest BCUT2D eigenvalue weighted by molar-refractivity contribution is 5.81. The van der Waals surface area contributed by atoms with Gasteiger partial charge in [0, 0.05) is 12.4 Å². The van der Waals surface area contributed by atoms with Crippen molar-refractivity contribution in [1.82, 2.24) is 0 Å². The van der Waals surface area contributed by atoms with E-state index in [2.05, 4.69) is 25.1 Å². The zero-order valence-electron chi connectivity index (χ0n) is 6.38. The Balaban J connectivity index is 3.65. The summed E-state index contributed by atoms with van der Waals surface area (Å²) >= 11 is 0. The van der Waals surface area contributed by atoms with Crippen LogP contribution in [0.15, 0.2) is 42.1 Å². The fraction of sp³-hybridized carbons (Fsp3) is 0.222. The molecule has 0 radical (unpaired) electrons. The maximum Gasteiger partial charge on any atom is 0.0333 e. The number of hydrogen-bond acceptors (Lipinski definition) is 1. The Kier molecular flexibility index (Phi) is 5.35. The van der Waals surface area contributed by atoms with Gasteiger partial charge in [-0.1, -0.05) is 32.2 Å². The highest BCUT2D eigenvalue weighted by Gasteiger charge is 1.73. The van der Waals surface area contributed by atoms with Crippen molar-refractivity contribution in [3.05, 3.63) is 37.1 Å². The Morgan fingerprint density at radius 3 is 2.80 bits per heavy atom. The Morgan fingerprint density at radius 2 is 2.30 bits per heavy atom. The van der Waals surface area contributed by atoms with Gasteiger partial charge in [0.05, 0.1) is 0 Å². The van der Waals surface area contributed by atoms with Gasteiger partial charge >= 0.3 is 0 Å². The van der Waals surface area contributed by atoms with Crippen molar-refractivity contribution in [3.63, 3.8) is 0 Å². The van der Waals surface area contributed by atoms with E-state index in [0.29, 0.717) is 0 Å². The van der Waals surface area contributed by atoms with Crippen LogP contribution in [0.4, 0.5) is 0 Å². The van der Waals surface area contributed by atoms with Crippen LogP contribution in [0.25, 0.3) is 0 Å². The SMILES string of the molecule is C=CC(=C)/C=N/C=C\CC. The van der Waals surface area contributed by atoms with Crippen LogP contribution in [0.3, 0.4) is 0 Å². The molecule has 0 heterocycles. The minimum absolute atomic E-state index is 0.834. The molecule has 10 heavy (non-hydrogen) atoms. The van der Waals surface area contributed by atoms with E-state index in [1.165, 1.54) is 0 Å². The third kappa shape index (κ3) is 5.04. The van der Waals surface area contributed by atoms with E-state index in [0.717, 1.165) is 12.0 Å². The van der Waals surface area contributed by atoms with Crippen LogP contribution in [0.2, 0.25) is 0 Å². The van der Waals surface area contributed by atoms with E-state index < -0.39 is 0 Å². The van der Waals surface area contributed by atoms with Gasteiger partial charge in [-0.2, -0.15) is 0 Å². The summed E-state index contributed by atoms with van der Waals surface area (Å²) in [6.45, 7) is 9.28. The topological polar surface area (TPSA) is 12.4 Å². The van der Waals surface area contributed by atoms with E-state index in [4.69, 9.17) is 0 Å². The van der Waals surface area contributed by atoms with Crippen LogP contribution in [0.5, 0.6) is 0 Å². The van der Waals surface area contributed by atoms with Gasteiger partial charge < -0.3 is 0 Å². The second-order valence-corrected chi connectivity index (χ2v) is 1.85. The van der Waals surface area contributed by atoms with E-state index in [1.54, 1.807) is 18.5 Å². The maximum atomic E-state index is 3.96. The molecule has 0 aromatic rings. The largest absolute Gasteiger partial charge is 0.264 e. The molecule has 0 aliphatic carbocycles. The van der Waals surface area contributed by atoms with Crippen LogP contribution >= 0.6 is 0 Å². The van der Waals surface area contributed by atoms with Gasteiger partial charge in [-0.05, 0) is 12.0 Å². The molecular formula is C9H13N. The summed E-state index contributed by atoms with van der Waals surface area (Å²) in [4.78, 5) is 3.96. The molecule has 0 aliphatic rings. The van der Waals surface area contributed by atoms with Gasteiger partial charge in [-0.3, -0.25) is 4.99 Å². The Hall–Kier alpha value is -1.11. The predicted molar refractivity (Wildman–Crippen MR) is 47.3 cm³/mol. The lowest BCUT2D eigenvalue weighted by molar-refractivity contribution is 1.21. The van der Waals surface area contributed by atoms with E-state index in [-0.39, 0.29) is 0 Å². The quantitative estimate of drug-likeness (QED) is 0.415. The lowest BCUT2D eigenvalue weighted by Gasteiger charge is -1.81.